The van der Waals surface area contributed by atoms with Crippen LogP contribution in [0.15, 0.2) is 42.5 Å². The van der Waals surface area contributed by atoms with Crippen LogP contribution >= 0.6 is 0 Å². The third-order valence-corrected chi connectivity index (χ3v) is 5.30. The number of hydrogen-bond acceptors (Lipinski definition) is 3. The van der Waals surface area contributed by atoms with E-state index in [2.05, 4.69) is 22.0 Å². The third-order valence-electron chi connectivity index (χ3n) is 5.30. The van der Waals surface area contributed by atoms with Crippen molar-refractivity contribution in [2.24, 2.45) is 12.8 Å². The molecule has 0 aliphatic carbocycles. The summed E-state index contributed by atoms with van der Waals surface area (Å²) in [5.74, 6) is -0.320. The van der Waals surface area contributed by atoms with Gasteiger partial charge in [0.15, 0.2) is 0 Å². The first-order valence-electron chi connectivity index (χ1n) is 8.76. The molecule has 4 rings (SSSR count). The van der Waals surface area contributed by atoms with Crippen molar-refractivity contribution in [3.05, 3.63) is 48.0 Å². The van der Waals surface area contributed by atoms with Crippen molar-refractivity contribution in [3.8, 4) is 0 Å². The van der Waals surface area contributed by atoms with E-state index < -0.39 is 6.04 Å². The SMILES string of the molecule is CNC(=O)[C@@H]1C[C@H](N)CN1C(=O)c1ccc2c(c1)c1ccccc1n2C. The Labute approximate surface area is 151 Å². The summed E-state index contributed by atoms with van der Waals surface area (Å²) >= 11 is 0. The number of carbonyl (C=O) groups excluding carboxylic acids is 2. The Bertz CT molecular complexity index is 1020. The van der Waals surface area contributed by atoms with Crippen LogP contribution in [0.1, 0.15) is 16.8 Å². The summed E-state index contributed by atoms with van der Waals surface area (Å²) in [4.78, 5) is 26.8. The van der Waals surface area contributed by atoms with Crippen LogP contribution in [0.2, 0.25) is 0 Å². The number of likely N-dealkylation sites (tertiary alicyclic amines) is 1. The number of nitrogens with one attached hydrogen (secondary N) is 1. The van der Waals surface area contributed by atoms with Gasteiger partial charge >= 0.3 is 0 Å². The molecule has 2 atom stereocenters. The molecule has 2 heterocycles. The molecule has 0 bridgehead atoms. The lowest BCUT2D eigenvalue weighted by molar-refractivity contribution is -0.124. The molecule has 2 amide bonds. The lowest BCUT2D eigenvalue weighted by Gasteiger charge is -2.23. The van der Waals surface area contributed by atoms with Gasteiger partial charge in [0.05, 0.1) is 0 Å². The molecule has 3 aromatic rings. The maximum absolute atomic E-state index is 13.1. The molecule has 26 heavy (non-hydrogen) atoms. The quantitative estimate of drug-likeness (QED) is 0.737. The number of nitrogens with zero attached hydrogens (tertiary/aromatic N) is 2. The van der Waals surface area contributed by atoms with Gasteiger partial charge in [0.1, 0.15) is 6.04 Å². The maximum atomic E-state index is 13.1. The van der Waals surface area contributed by atoms with Gasteiger partial charge in [-0.2, -0.15) is 0 Å². The van der Waals surface area contributed by atoms with Crippen molar-refractivity contribution in [1.82, 2.24) is 14.8 Å². The lowest BCUT2D eigenvalue weighted by atomic mass is 10.1. The summed E-state index contributed by atoms with van der Waals surface area (Å²) in [6, 6.07) is 13.2. The number of rotatable bonds is 2. The van der Waals surface area contributed by atoms with E-state index in [1.165, 1.54) is 0 Å². The largest absolute Gasteiger partial charge is 0.357 e. The van der Waals surface area contributed by atoms with Crippen LogP contribution < -0.4 is 11.1 Å². The van der Waals surface area contributed by atoms with Gasteiger partial charge in [-0.15, -0.1) is 0 Å². The highest BCUT2D eigenvalue weighted by atomic mass is 16.2. The van der Waals surface area contributed by atoms with Gasteiger partial charge in [0.2, 0.25) is 5.91 Å². The number of carbonyl (C=O) groups is 2. The van der Waals surface area contributed by atoms with E-state index in [4.69, 9.17) is 5.73 Å². The van der Waals surface area contributed by atoms with Gasteiger partial charge in [-0.05, 0) is 30.7 Å². The van der Waals surface area contributed by atoms with Gasteiger partial charge in [0, 0.05) is 54.1 Å². The fourth-order valence-electron chi connectivity index (χ4n) is 3.97. The zero-order chi connectivity index (χ0) is 18.4. The van der Waals surface area contributed by atoms with Crippen LogP contribution in [0, 0.1) is 0 Å². The standard InChI is InChI=1S/C20H22N4O2/c1-22-19(25)18-10-13(21)11-24(18)20(26)12-7-8-17-15(9-12)14-5-3-4-6-16(14)23(17)2/h3-9,13,18H,10-11,21H2,1-2H3,(H,22,25)/t13-,18-/m0/s1. The molecule has 0 spiro atoms. The number of aryl methyl sites for hydroxylation is 1. The van der Waals surface area contributed by atoms with Crippen molar-refractivity contribution in [3.63, 3.8) is 0 Å². The number of benzene rings is 2. The van der Waals surface area contributed by atoms with E-state index >= 15 is 0 Å². The summed E-state index contributed by atoms with van der Waals surface area (Å²) < 4.78 is 2.12. The van der Waals surface area contributed by atoms with E-state index in [-0.39, 0.29) is 17.9 Å². The maximum Gasteiger partial charge on any atom is 0.254 e. The first-order chi connectivity index (χ1) is 12.5. The summed E-state index contributed by atoms with van der Waals surface area (Å²) in [5, 5.41) is 4.78. The molecule has 0 saturated carbocycles. The third kappa shape index (κ3) is 2.45. The molecule has 1 saturated heterocycles. The number of amides is 2. The topological polar surface area (TPSA) is 80.4 Å². The molecule has 1 fully saturated rings. The van der Waals surface area contributed by atoms with E-state index in [0.717, 1.165) is 21.8 Å². The molecule has 0 unspecified atom stereocenters. The predicted octanol–water partition coefficient (Wildman–Crippen LogP) is 1.62. The minimum absolute atomic E-state index is 0.151. The molecule has 0 radical (unpaired) electrons. The molecule has 134 valence electrons. The van der Waals surface area contributed by atoms with Gasteiger partial charge in [-0.3, -0.25) is 9.59 Å². The van der Waals surface area contributed by atoms with Gasteiger partial charge in [0.25, 0.3) is 5.91 Å². The minimum Gasteiger partial charge on any atom is -0.357 e. The molecule has 6 heteroatoms. The highest BCUT2D eigenvalue weighted by molar-refractivity contribution is 6.11. The Hall–Kier alpha value is -2.86. The van der Waals surface area contributed by atoms with E-state index in [1.54, 1.807) is 11.9 Å². The van der Waals surface area contributed by atoms with Crippen molar-refractivity contribution in [2.75, 3.05) is 13.6 Å². The van der Waals surface area contributed by atoms with Crippen molar-refractivity contribution in [2.45, 2.75) is 18.5 Å². The molecule has 1 aliphatic heterocycles. The Morgan fingerprint density at radius 2 is 1.85 bits per heavy atom. The zero-order valence-corrected chi connectivity index (χ0v) is 14.9. The lowest BCUT2D eigenvalue weighted by Crippen LogP contribution is -2.45. The van der Waals surface area contributed by atoms with E-state index in [9.17, 15) is 9.59 Å². The molecule has 1 aromatic heterocycles. The number of para-hydroxylation sites is 1. The van der Waals surface area contributed by atoms with Crippen molar-refractivity contribution >= 4 is 33.6 Å². The molecular weight excluding hydrogens is 328 g/mol. The fourth-order valence-corrected chi connectivity index (χ4v) is 3.97. The summed E-state index contributed by atoms with van der Waals surface area (Å²) in [5.41, 5.74) is 8.79. The number of fused-ring (bicyclic) bond motifs is 3. The molecular formula is C20H22N4O2. The Balaban J connectivity index is 1.78. The normalized spacial score (nSPS) is 20.0. The highest BCUT2D eigenvalue weighted by Crippen LogP contribution is 2.29. The minimum atomic E-state index is -0.509. The Kier molecular flexibility index (Phi) is 3.92. The summed E-state index contributed by atoms with van der Waals surface area (Å²) in [6.07, 6.45) is 0.488. The van der Waals surface area contributed by atoms with Crippen LogP contribution in [0.4, 0.5) is 0 Å². The van der Waals surface area contributed by atoms with E-state index in [0.29, 0.717) is 18.5 Å². The second kappa shape index (κ2) is 6.14. The zero-order valence-electron chi connectivity index (χ0n) is 14.9. The first-order valence-corrected chi connectivity index (χ1v) is 8.76. The Morgan fingerprint density at radius 1 is 1.12 bits per heavy atom. The average Bonchev–Trinajstić information content (AvgIpc) is 3.19. The molecule has 3 N–H and O–H groups in total. The van der Waals surface area contributed by atoms with Gasteiger partial charge < -0.3 is 20.5 Å². The van der Waals surface area contributed by atoms with Crippen molar-refractivity contribution in [1.29, 1.82) is 0 Å². The number of aromatic nitrogens is 1. The van der Waals surface area contributed by atoms with Crippen LogP contribution in [-0.4, -0.2) is 47.0 Å². The van der Waals surface area contributed by atoms with Gasteiger partial charge in [-0.25, -0.2) is 0 Å². The molecule has 1 aliphatic rings. The first kappa shape index (κ1) is 16.6. The number of likely N-dealkylation sites (N-methyl/N-ethyl adjacent to an activating group) is 1. The highest BCUT2D eigenvalue weighted by Gasteiger charge is 2.38. The average molecular weight is 350 g/mol. The fraction of sp³-hybridized carbons (Fsp3) is 0.300. The van der Waals surface area contributed by atoms with Gasteiger partial charge in [-0.1, -0.05) is 18.2 Å². The van der Waals surface area contributed by atoms with E-state index in [1.807, 2.05) is 37.4 Å². The van der Waals surface area contributed by atoms with Crippen molar-refractivity contribution < 1.29 is 9.59 Å². The summed E-state index contributed by atoms with van der Waals surface area (Å²) in [6.45, 7) is 0.393. The predicted molar refractivity (Wildman–Crippen MR) is 102 cm³/mol. The van der Waals surface area contributed by atoms with Crippen LogP contribution in [-0.2, 0) is 11.8 Å². The number of nitrogens with two attached hydrogens (primary N) is 1. The molecule has 2 aromatic carbocycles. The van der Waals surface area contributed by atoms with Crippen LogP contribution in [0.25, 0.3) is 21.8 Å². The smallest absolute Gasteiger partial charge is 0.254 e. The Morgan fingerprint density at radius 3 is 2.62 bits per heavy atom. The monoisotopic (exact) mass is 350 g/mol. The second-order valence-corrected chi connectivity index (χ2v) is 6.89. The molecule has 6 nitrogen and oxygen atoms in total. The number of hydrogen-bond donors (Lipinski definition) is 2. The van der Waals surface area contributed by atoms with Crippen LogP contribution in [0.5, 0.6) is 0 Å². The second-order valence-electron chi connectivity index (χ2n) is 6.89. The van der Waals surface area contributed by atoms with Crippen LogP contribution in [0.3, 0.4) is 0 Å². The summed E-state index contributed by atoms with van der Waals surface area (Å²) in [7, 11) is 3.60.